The third-order valence-corrected chi connectivity index (χ3v) is 3.18. The van der Waals surface area contributed by atoms with E-state index < -0.39 is 12.0 Å². The molecule has 92 valence electrons. The van der Waals surface area contributed by atoms with Crippen LogP contribution in [0.25, 0.3) is 10.6 Å². The summed E-state index contributed by atoms with van der Waals surface area (Å²) in [6, 6.07) is 8.24. The van der Waals surface area contributed by atoms with Gasteiger partial charge in [-0.15, -0.1) is 11.3 Å². The Hall–Kier alpha value is -2.41. The summed E-state index contributed by atoms with van der Waals surface area (Å²) < 4.78 is 0. The van der Waals surface area contributed by atoms with Crippen LogP contribution in [0.5, 0.6) is 0 Å². The quantitative estimate of drug-likeness (QED) is 0.787. The third-order valence-electron chi connectivity index (χ3n) is 2.08. The standard InChI is InChI=1S/C11H9N3O3S/c12-11(17)14-8-7(10(15)16)18-9(13-8)6-4-2-1-3-5-6/h1-5H,(H,15,16)(H3,12,14,17). The SMILES string of the molecule is NC(=O)Nc1nc(-c2ccccc2)sc1C(=O)O. The molecule has 0 atom stereocenters. The molecule has 1 aromatic heterocycles. The lowest BCUT2D eigenvalue weighted by molar-refractivity contribution is 0.0703. The number of aromatic carboxylic acids is 1. The van der Waals surface area contributed by atoms with Gasteiger partial charge >= 0.3 is 12.0 Å². The molecule has 4 N–H and O–H groups in total. The fraction of sp³-hybridized carbons (Fsp3) is 0. The highest BCUT2D eigenvalue weighted by atomic mass is 32.1. The summed E-state index contributed by atoms with van der Waals surface area (Å²) in [6.45, 7) is 0. The minimum Gasteiger partial charge on any atom is -0.477 e. The average molecular weight is 263 g/mol. The maximum atomic E-state index is 11.0. The molecule has 2 aromatic rings. The Morgan fingerprint density at radius 2 is 1.94 bits per heavy atom. The molecule has 0 aliphatic rings. The zero-order valence-electron chi connectivity index (χ0n) is 9.08. The van der Waals surface area contributed by atoms with Crippen LogP contribution in [-0.4, -0.2) is 22.1 Å². The van der Waals surface area contributed by atoms with Crippen LogP contribution in [0.15, 0.2) is 30.3 Å². The third kappa shape index (κ3) is 2.46. The molecule has 0 bridgehead atoms. The van der Waals surface area contributed by atoms with E-state index in [9.17, 15) is 9.59 Å². The lowest BCUT2D eigenvalue weighted by Crippen LogP contribution is -2.20. The van der Waals surface area contributed by atoms with E-state index in [0.29, 0.717) is 5.01 Å². The largest absolute Gasteiger partial charge is 0.477 e. The molecule has 0 fully saturated rings. The lowest BCUT2D eigenvalue weighted by atomic mass is 10.2. The van der Waals surface area contributed by atoms with Crippen molar-refractivity contribution in [1.29, 1.82) is 0 Å². The van der Waals surface area contributed by atoms with Gasteiger partial charge in [-0.1, -0.05) is 30.3 Å². The molecule has 0 radical (unpaired) electrons. The van der Waals surface area contributed by atoms with E-state index in [1.165, 1.54) is 0 Å². The number of carboxylic acid groups (broad SMARTS) is 1. The Morgan fingerprint density at radius 1 is 1.28 bits per heavy atom. The Balaban J connectivity index is 2.45. The Kier molecular flexibility index (Phi) is 3.24. The van der Waals surface area contributed by atoms with E-state index in [2.05, 4.69) is 10.3 Å². The van der Waals surface area contributed by atoms with Crippen molar-refractivity contribution in [2.45, 2.75) is 0 Å². The van der Waals surface area contributed by atoms with Crippen molar-refractivity contribution in [1.82, 2.24) is 4.98 Å². The molecule has 0 aliphatic carbocycles. The number of nitrogens with one attached hydrogen (secondary N) is 1. The number of carbonyl (C=O) groups is 2. The molecule has 1 heterocycles. The number of carbonyl (C=O) groups excluding carboxylic acids is 1. The number of rotatable bonds is 3. The number of hydrogen-bond acceptors (Lipinski definition) is 4. The van der Waals surface area contributed by atoms with Crippen molar-refractivity contribution in [3.63, 3.8) is 0 Å². The van der Waals surface area contributed by atoms with Crippen molar-refractivity contribution >= 4 is 29.2 Å². The van der Waals surface area contributed by atoms with Crippen LogP contribution in [0.4, 0.5) is 10.6 Å². The molecule has 0 unspecified atom stereocenters. The van der Waals surface area contributed by atoms with Gasteiger partial charge in [0.05, 0.1) is 0 Å². The van der Waals surface area contributed by atoms with Crippen LogP contribution in [0, 0.1) is 0 Å². The molecule has 0 aliphatic heterocycles. The number of aromatic nitrogens is 1. The second-order valence-corrected chi connectivity index (χ2v) is 4.36. The monoisotopic (exact) mass is 263 g/mol. The fourth-order valence-electron chi connectivity index (χ4n) is 1.37. The van der Waals surface area contributed by atoms with E-state index in [4.69, 9.17) is 10.8 Å². The molecule has 2 rings (SSSR count). The Bertz CT molecular complexity index is 595. The van der Waals surface area contributed by atoms with Gasteiger partial charge in [-0.05, 0) is 0 Å². The first kappa shape index (κ1) is 12.1. The first-order chi connectivity index (χ1) is 8.58. The van der Waals surface area contributed by atoms with Crippen LogP contribution in [0.2, 0.25) is 0 Å². The van der Waals surface area contributed by atoms with E-state index in [1.54, 1.807) is 12.1 Å². The zero-order valence-corrected chi connectivity index (χ0v) is 9.90. The molecule has 0 saturated carbocycles. The van der Waals surface area contributed by atoms with Crippen LogP contribution in [0.3, 0.4) is 0 Å². The molecule has 6 nitrogen and oxygen atoms in total. The van der Waals surface area contributed by atoms with Crippen molar-refractivity contribution < 1.29 is 14.7 Å². The highest BCUT2D eigenvalue weighted by Gasteiger charge is 2.19. The van der Waals surface area contributed by atoms with Crippen LogP contribution >= 0.6 is 11.3 Å². The number of benzene rings is 1. The minimum atomic E-state index is -1.15. The smallest absolute Gasteiger partial charge is 0.349 e. The fourth-order valence-corrected chi connectivity index (χ4v) is 2.24. The highest BCUT2D eigenvalue weighted by Crippen LogP contribution is 2.30. The van der Waals surface area contributed by atoms with Gasteiger partial charge in [0, 0.05) is 5.56 Å². The van der Waals surface area contributed by atoms with Crippen LogP contribution in [0.1, 0.15) is 9.67 Å². The summed E-state index contributed by atoms with van der Waals surface area (Å²) in [5, 5.41) is 11.7. The molecule has 2 amide bonds. The maximum Gasteiger partial charge on any atom is 0.349 e. The lowest BCUT2D eigenvalue weighted by Gasteiger charge is -1.97. The van der Waals surface area contributed by atoms with Gasteiger partial charge in [0.1, 0.15) is 5.01 Å². The first-order valence-electron chi connectivity index (χ1n) is 4.94. The number of amides is 2. The van der Waals surface area contributed by atoms with E-state index in [-0.39, 0.29) is 10.7 Å². The zero-order chi connectivity index (χ0) is 13.1. The van der Waals surface area contributed by atoms with Crippen molar-refractivity contribution in [3.8, 4) is 10.6 Å². The van der Waals surface area contributed by atoms with E-state index in [0.717, 1.165) is 16.9 Å². The average Bonchev–Trinajstić information content (AvgIpc) is 2.73. The number of anilines is 1. The summed E-state index contributed by atoms with van der Waals surface area (Å²) >= 11 is 0.982. The first-order valence-corrected chi connectivity index (χ1v) is 5.75. The van der Waals surface area contributed by atoms with Crippen molar-refractivity contribution in [2.24, 2.45) is 5.73 Å². The summed E-state index contributed by atoms with van der Waals surface area (Å²) in [4.78, 5) is 25.8. The summed E-state index contributed by atoms with van der Waals surface area (Å²) in [5.74, 6) is -1.18. The normalized spacial score (nSPS) is 10.0. The van der Waals surface area contributed by atoms with Crippen molar-refractivity contribution in [2.75, 3.05) is 5.32 Å². The number of urea groups is 1. The predicted molar refractivity (Wildman–Crippen MR) is 67.7 cm³/mol. The van der Waals surface area contributed by atoms with Gasteiger partial charge in [0.25, 0.3) is 0 Å². The van der Waals surface area contributed by atoms with Crippen LogP contribution < -0.4 is 11.1 Å². The second-order valence-electron chi connectivity index (χ2n) is 3.36. The molecule has 18 heavy (non-hydrogen) atoms. The van der Waals surface area contributed by atoms with Gasteiger partial charge < -0.3 is 10.8 Å². The van der Waals surface area contributed by atoms with Gasteiger partial charge in [-0.3, -0.25) is 5.32 Å². The predicted octanol–water partition coefficient (Wildman–Crippen LogP) is 2.00. The van der Waals surface area contributed by atoms with Gasteiger partial charge in [0.2, 0.25) is 0 Å². The number of carboxylic acids is 1. The highest BCUT2D eigenvalue weighted by molar-refractivity contribution is 7.17. The molecular formula is C11H9N3O3S. The molecular weight excluding hydrogens is 254 g/mol. The maximum absolute atomic E-state index is 11.0. The number of primary amides is 1. The van der Waals surface area contributed by atoms with Gasteiger partial charge in [-0.25, -0.2) is 14.6 Å². The van der Waals surface area contributed by atoms with Crippen molar-refractivity contribution in [3.05, 3.63) is 35.2 Å². The molecule has 0 spiro atoms. The van der Waals surface area contributed by atoms with E-state index >= 15 is 0 Å². The van der Waals surface area contributed by atoms with E-state index in [1.807, 2.05) is 18.2 Å². The Morgan fingerprint density at radius 3 is 2.50 bits per heavy atom. The number of nitrogens with zero attached hydrogens (tertiary/aromatic N) is 1. The molecule has 0 saturated heterocycles. The minimum absolute atomic E-state index is 0.0288. The summed E-state index contributed by atoms with van der Waals surface area (Å²) in [6.07, 6.45) is 0. The van der Waals surface area contributed by atoms with Gasteiger partial charge in [-0.2, -0.15) is 0 Å². The molecule has 1 aromatic carbocycles. The van der Waals surface area contributed by atoms with Crippen LogP contribution in [-0.2, 0) is 0 Å². The Labute approximate surface area is 106 Å². The number of nitrogens with two attached hydrogens (primary N) is 1. The number of thiazole rings is 1. The summed E-state index contributed by atoms with van der Waals surface area (Å²) in [5.41, 5.74) is 5.74. The topological polar surface area (TPSA) is 105 Å². The van der Waals surface area contributed by atoms with Gasteiger partial charge in [0.15, 0.2) is 10.7 Å². The number of hydrogen-bond donors (Lipinski definition) is 3. The summed E-state index contributed by atoms with van der Waals surface area (Å²) in [7, 11) is 0. The second kappa shape index (κ2) is 4.84. The molecule has 7 heteroatoms.